The number of hydrogen-bond acceptors (Lipinski definition) is 3. The molecule has 1 saturated heterocycles. The number of alkyl halides is 1. The van der Waals surface area contributed by atoms with Crippen LogP contribution in [0.3, 0.4) is 0 Å². The smallest absolute Gasteiger partial charge is 0.0950 e. The number of benzene rings is 1. The molecule has 0 spiro atoms. The molecule has 0 bridgehead atoms. The predicted octanol–water partition coefficient (Wildman–Crippen LogP) is 1.32. The van der Waals surface area contributed by atoms with Crippen LogP contribution in [0.15, 0.2) is 30.3 Å². The highest BCUT2D eigenvalue weighted by Crippen LogP contribution is 2.24. The molecule has 1 heterocycles. The van der Waals surface area contributed by atoms with Gasteiger partial charge in [-0.15, -0.1) is 11.6 Å². The number of aliphatic hydroxyl groups excluding tert-OH is 1. The first-order valence-corrected chi connectivity index (χ1v) is 5.91. The first kappa shape index (κ1) is 11.9. The maximum Gasteiger partial charge on any atom is 0.0950 e. The monoisotopic (exact) mass is 241 g/mol. The second kappa shape index (κ2) is 5.15. The largest absolute Gasteiger partial charge is 0.394 e. The lowest BCUT2D eigenvalue weighted by Gasteiger charge is -2.38. The summed E-state index contributed by atoms with van der Waals surface area (Å²) in [6.45, 7) is 1.11. The fraction of sp³-hybridized carbons (Fsp3) is 0.500. The topological polar surface area (TPSA) is 41.5 Å². The molecule has 1 aliphatic heterocycles. The molecule has 2 rings (SSSR count). The number of aliphatic hydroxyl groups is 1. The Kier molecular flexibility index (Phi) is 3.82. The molecule has 1 aliphatic rings. The zero-order valence-corrected chi connectivity index (χ0v) is 9.78. The fourth-order valence-corrected chi connectivity index (χ4v) is 2.05. The van der Waals surface area contributed by atoms with Crippen LogP contribution in [0.25, 0.3) is 0 Å². The first-order valence-electron chi connectivity index (χ1n) is 5.38. The van der Waals surface area contributed by atoms with Gasteiger partial charge in [-0.2, -0.15) is 0 Å². The van der Waals surface area contributed by atoms with Crippen LogP contribution < -0.4 is 5.32 Å². The van der Waals surface area contributed by atoms with E-state index in [1.54, 1.807) is 0 Å². The van der Waals surface area contributed by atoms with Crippen molar-refractivity contribution in [3.8, 4) is 0 Å². The van der Waals surface area contributed by atoms with E-state index in [0.717, 1.165) is 5.56 Å². The molecule has 4 heteroatoms. The summed E-state index contributed by atoms with van der Waals surface area (Å²) >= 11 is 5.83. The summed E-state index contributed by atoms with van der Waals surface area (Å²) < 4.78 is 5.75. The van der Waals surface area contributed by atoms with E-state index in [1.165, 1.54) is 0 Å². The maximum absolute atomic E-state index is 9.27. The van der Waals surface area contributed by atoms with Crippen LogP contribution in [0.4, 0.5) is 0 Å². The average molecular weight is 242 g/mol. The zero-order valence-electron chi connectivity index (χ0n) is 9.03. The van der Waals surface area contributed by atoms with E-state index in [4.69, 9.17) is 16.3 Å². The SMILES string of the molecule is OCC1(CCl)COC(c2ccccc2)CN1. The van der Waals surface area contributed by atoms with Crippen molar-refractivity contribution >= 4 is 11.6 Å². The lowest BCUT2D eigenvalue weighted by atomic mass is 10.00. The van der Waals surface area contributed by atoms with Crippen LogP contribution in [0.5, 0.6) is 0 Å². The molecule has 1 fully saturated rings. The molecule has 1 aromatic carbocycles. The van der Waals surface area contributed by atoms with E-state index in [9.17, 15) is 5.11 Å². The van der Waals surface area contributed by atoms with E-state index < -0.39 is 5.54 Å². The van der Waals surface area contributed by atoms with Gasteiger partial charge < -0.3 is 15.2 Å². The number of ether oxygens (including phenoxy) is 1. The molecule has 2 atom stereocenters. The van der Waals surface area contributed by atoms with Gasteiger partial charge in [0, 0.05) is 12.4 Å². The summed E-state index contributed by atoms with van der Waals surface area (Å²) in [6, 6.07) is 10.1. The van der Waals surface area contributed by atoms with Crippen molar-refractivity contribution in [3.63, 3.8) is 0 Å². The zero-order chi connectivity index (χ0) is 11.4. The molecule has 0 saturated carbocycles. The summed E-state index contributed by atoms with van der Waals surface area (Å²) in [7, 11) is 0. The predicted molar refractivity (Wildman–Crippen MR) is 63.7 cm³/mol. The second-order valence-corrected chi connectivity index (χ2v) is 4.43. The van der Waals surface area contributed by atoms with Crippen LogP contribution in [0.2, 0.25) is 0 Å². The van der Waals surface area contributed by atoms with Crippen LogP contribution in [0, 0.1) is 0 Å². The molecule has 0 amide bonds. The Balaban J connectivity index is 2.00. The molecule has 0 aliphatic carbocycles. The molecule has 16 heavy (non-hydrogen) atoms. The normalized spacial score (nSPS) is 30.2. The molecule has 2 N–H and O–H groups in total. The summed E-state index contributed by atoms with van der Waals surface area (Å²) in [5.41, 5.74) is 0.670. The first-order chi connectivity index (χ1) is 7.79. The Morgan fingerprint density at radius 3 is 2.69 bits per heavy atom. The number of hydrogen-bond donors (Lipinski definition) is 2. The van der Waals surface area contributed by atoms with Gasteiger partial charge in [0.25, 0.3) is 0 Å². The van der Waals surface area contributed by atoms with Crippen molar-refractivity contribution in [1.82, 2.24) is 5.32 Å². The van der Waals surface area contributed by atoms with Gasteiger partial charge in [0.15, 0.2) is 0 Å². The number of nitrogens with one attached hydrogen (secondary N) is 1. The number of halogens is 1. The summed E-state index contributed by atoms with van der Waals surface area (Å²) in [5, 5.41) is 12.5. The van der Waals surface area contributed by atoms with Crippen molar-refractivity contribution in [3.05, 3.63) is 35.9 Å². The number of morpholine rings is 1. The van der Waals surface area contributed by atoms with E-state index in [0.29, 0.717) is 19.0 Å². The molecular formula is C12H16ClNO2. The Morgan fingerprint density at radius 1 is 1.44 bits per heavy atom. The third-order valence-corrected chi connectivity index (χ3v) is 3.46. The van der Waals surface area contributed by atoms with Crippen LogP contribution in [-0.2, 0) is 4.74 Å². The van der Waals surface area contributed by atoms with Crippen LogP contribution in [0.1, 0.15) is 11.7 Å². The Bertz CT molecular complexity index is 317. The lowest BCUT2D eigenvalue weighted by Crippen LogP contribution is -2.58. The van der Waals surface area contributed by atoms with Gasteiger partial charge in [0.05, 0.1) is 24.9 Å². The van der Waals surface area contributed by atoms with Crippen LogP contribution >= 0.6 is 11.6 Å². The highest BCUT2D eigenvalue weighted by atomic mass is 35.5. The van der Waals surface area contributed by atoms with Gasteiger partial charge in [-0.1, -0.05) is 30.3 Å². The van der Waals surface area contributed by atoms with Gasteiger partial charge in [0.2, 0.25) is 0 Å². The molecular weight excluding hydrogens is 226 g/mol. The van der Waals surface area contributed by atoms with Gasteiger partial charge in [-0.25, -0.2) is 0 Å². The van der Waals surface area contributed by atoms with Crippen molar-refractivity contribution in [2.75, 3.05) is 25.6 Å². The molecule has 0 aromatic heterocycles. The lowest BCUT2D eigenvalue weighted by molar-refractivity contribution is -0.0441. The average Bonchev–Trinajstić information content (AvgIpc) is 2.40. The third-order valence-electron chi connectivity index (χ3n) is 2.95. The van der Waals surface area contributed by atoms with Gasteiger partial charge in [0.1, 0.15) is 0 Å². The minimum absolute atomic E-state index is 0.00197. The van der Waals surface area contributed by atoms with Crippen molar-refractivity contribution in [1.29, 1.82) is 0 Å². The third kappa shape index (κ3) is 2.38. The Morgan fingerprint density at radius 2 is 2.19 bits per heavy atom. The molecule has 88 valence electrons. The fourth-order valence-electron chi connectivity index (χ4n) is 1.79. The summed E-state index contributed by atoms with van der Waals surface area (Å²) in [5.74, 6) is 0.352. The molecule has 0 radical (unpaired) electrons. The standard InChI is InChI=1S/C12H16ClNO2/c13-7-12(8-15)9-16-11(6-14-12)10-4-2-1-3-5-10/h1-5,11,14-15H,6-9H2. The second-order valence-electron chi connectivity index (χ2n) is 4.16. The van der Waals surface area contributed by atoms with E-state index in [2.05, 4.69) is 5.32 Å². The quantitative estimate of drug-likeness (QED) is 0.785. The van der Waals surface area contributed by atoms with Crippen molar-refractivity contribution in [2.24, 2.45) is 0 Å². The highest BCUT2D eigenvalue weighted by Gasteiger charge is 2.34. The van der Waals surface area contributed by atoms with Crippen LogP contribution in [-0.4, -0.2) is 36.3 Å². The van der Waals surface area contributed by atoms with Crippen molar-refractivity contribution in [2.45, 2.75) is 11.6 Å². The Labute approximate surface area is 100 Å². The van der Waals surface area contributed by atoms with E-state index in [-0.39, 0.29) is 12.7 Å². The molecule has 2 unspecified atom stereocenters. The number of rotatable bonds is 3. The van der Waals surface area contributed by atoms with Gasteiger partial charge in [-0.3, -0.25) is 0 Å². The van der Waals surface area contributed by atoms with E-state index in [1.807, 2.05) is 30.3 Å². The highest BCUT2D eigenvalue weighted by molar-refractivity contribution is 6.18. The minimum atomic E-state index is -0.479. The maximum atomic E-state index is 9.27. The van der Waals surface area contributed by atoms with Crippen molar-refractivity contribution < 1.29 is 9.84 Å². The Hall–Kier alpha value is -0.610. The van der Waals surface area contributed by atoms with Gasteiger partial charge in [-0.05, 0) is 5.56 Å². The molecule has 1 aromatic rings. The van der Waals surface area contributed by atoms with E-state index >= 15 is 0 Å². The van der Waals surface area contributed by atoms with Gasteiger partial charge >= 0.3 is 0 Å². The summed E-state index contributed by atoms with van der Waals surface area (Å²) in [4.78, 5) is 0. The minimum Gasteiger partial charge on any atom is -0.394 e. The molecule has 3 nitrogen and oxygen atoms in total. The summed E-state index contributed by atoms with van der Waals surface area (Å²) in [6.07, 6.45) is 0.0455.